The maximum Gasteiger partial charge on any atom is 0.244 e. The van der Waals surface area contributed by atoms with Gasteiger partial charge < -0.3 is 5.32 Å². The van der Waals surface area contributed by atoms with Gasteiger partial charge in [0.05, 0.1) is 12.2 Å². The summed E-state index contributed by atoms with van der Waals surface area (Å²) in [5.74, 6) is -0.0725. The van der Waals surface area contributed by atoms with Crippen LogP contribution in [0, 0.1) is 0 Å². The molecule has 0 spiro atoms. The van der Waals surface area contributed by atoms with Crippen molar-refractivity contribution in [2.45, 2.75) is 18.9 Å². The topological polar surface area (TPSA) is 46.9 Å². The van der Waals surface area contributed by atoms with Gasteiger partial charge in [-0.15, -0.1) is 0 Å². The first-order valence-corrected chi connectivity index (χ1v) is 7.67. The Bertz CT molecular complexity index is 705. The summed E-state index contributed by atoms with van der Waals surface area (Å²) in [6.45, 7) is 0. The van der Waals surface area contributed by atoms with E-state index in [0.29, 0.717) is 0 Å². The fraction of sp³-hybridized carbons (Fsp3) is 0.250. The number of benzene rings is 1. The summed E-state index contributed by atoms with van der Waals surface area (Å²) < 4.78 is 2.84. The van der Waals surface area contributed by atoms with Gasteiger partial charge in [-0.3, -0.25) is 9.48 Å². The third-order valence-corrected chi connectivity index (χ3v) is 4.42. The van der Waals surface area contributed by atoms with Crippen LogP contribution in [0.15, 0.2) is 41.1 Å². The number of amides is 1. The van der Waals surface area contributed by atoms with E-state index in [1.807, 2.05) is 25.4 Å². The number of carbonyl (C=O) groups is 1. The molecule has 1 aliphatic carbocycles. The summed E-state index contributed by atoms with van der Waals surface area (Å²) in [6.07, 6.45) is 8.88. The molecule has 0 saturated heterocycles. The van der Waals surface area contributed by atoms with Gasteiger partial charge in [-0.25, -0.2) is 0 Å². The van der Waals surface area contributed by atoms with Gasteiger partial charge in [0.25, 0.3) is 0 Å². The molecule has 1 amide bonds. The molecule has 0 saturated carbocycles. The lowest BCUT2D eigenvalue weighted by Crippen LogP contribution is -2.25. The molecule has 2 aromatic rings. The molecule has 108 valence electrons. The lowest BCUT2D eigenvalue weighted by Gasteiger charge is -2.12. The fourth-order valence-electron chi connectivity index (χ4n) is 2.68. The Labute approximate surface area is 132 Å². The normalized spacial score (nSPS) is 17.1. The summed E-state index contributed by atoms with van der Waals surface area (Å²) in [6, 6.07) is 6.25. The maximum atomic E-state index is 12.0. The maximum absolute atomic E-state index is 12.0. The molecule has 1 aliphatic rings. The van der Waals surface area contributed by atoms with Crippen LogP contribution in [0.5, 0.6) is 0 Å². The van der Waals surface area contributed by atoms with Crippen molar-refractivity contribution in [2.75, 3.05) is 0 Å². The zero-order valence-electron chi connectivity index (χ0n) is 11.7. The third kappa shape index (κ3) is 3.08. The number of nitrogens with zero attached hydrogens (tertiary/aromatic N) is 2. The smallest absolute Gasteiger partial charge is 0.244 e. The lowest BCUT2D eigenvalue weighted by molar-refractivity contribution is -0.117. The van der Waals surface area contributed by atoms with E-state index in [1.54, 1.807) is 23.0 Å². The van der Waals surface area contributed by atoms with Gasteiger partial charge in [-0.2, -0.15) is 5.10 Å². The van der Waals surface area contributed by atoms with E-state index in [0.717, 1.165) is 22.9 Å². The van der Waals surface area contributed by atoms with E-state index in [4.69, 9.17) is 0 Å². The molecule has 3 rings (SSSR count). The molecule has 1 atom stereocenters. The lowest BCUT2D eigenvalue weighted by atomic mass is 10.1. The van der Waals surface area contributed by atoms with Crippen molar-refractivity contribution in [3.05, 3.63) is 57.8 Å². The van der Waals surface area contributed by atoms with E-state index in [-0.39, 0.29) is 11.9 Å². The number of halogens is 1. The molecular weight excluding hydrogens is 330 g/mol. The van der Waals surface area contributed by atoms with Gasteiger partial charge in [0.2, 0.25) is 5.91 Å². The molecule has 1 aromatic heterocycles. The van der Waals surface area contributed by atoms with Crippen molar-refractivity contribution < 1.29 is 4.79 Å². The van der Waals surface area contributed by atoms with Crippen molar-refractivity contribution in [3.8, 4) is 0 Å². The molecule has 1 heterocycles. The summed E-state index contributed by atoms with van der Waals surface area (Å²) in [5, 5.41) is 7.13. The van der Waals surface area contributed by atoms with Gasteiger partial charge in [0.15, 0.2) is 0 Å². The van der Waals surface area contributed by atoms with E-state index in [1.165, 1.54) is 11.1 Å². The minimum atomic E-state index is -0.0725. The average Bonchev–Trinajstić information content (AvgIpc) is 3.05. The van der Waals surface area contributed by atoms with Crippen LogP contribution in [-0.4, -0.2) is 15.7 Å². The Kier molecular flexibility index (Phi) is 3.92. The van der Waals surface area contributed by atoms with E-state index < -0.39 is 0 Å². The average molecular weight is 346 g/mol. The van der Waals surface area contributed by atoms with Crippen molar-refractivity contribution in [2.24, 2.45) is 7.05 Å². The van der Waals surface area contributed by atoms with Gasteiger partial charge in [-0.05, 0) is 36.1 Å². The Morgan fingerprint density at radius 1 is 1.52 bits per heavy atom. The number of aryl methyl sites for hydroxylation is 1. The van der Waals surface area contributed by atoms with Gasteiger partial charge in [0, 0.05) is 29.4 Å². The predicted molar refractivity (Wildman–Crippen MR) is 85.6 cm³/mol. The van der Waals surface area contributed by atoms with E-state index >= 15 is 0 Å². The highest BCUT2D eigenvalue weighted by Crippen LogP contribution is 2.35. The summed E-state index contributed by atoms with van der Waals surface area (Å²) >= 11 is 3.57. The molecule has 0 fully saturated rings. The molecule has 0 radical (unpaired) electrons. The monoisotopic (exact) mass is 345 g/mol. The van der Waals surface area contributed by atoms with E-state index in [2.05, 4.69) is 32.4 Å². The minimum Gasteiger partial charge on any atom is -0.346 e. The van der Waals surface area contributed by atoms with Crippen LogP contribution in [0.25, 0.3) is 6.08 Å². The predicted octanol–water partition coefficient (Wildman–Crippen LogP) is 3.00. The zero-order valence-corrected chi connectivity index (χ0v) is 13.3. The summed E-state index contributed by atoms with van der Waals surface area (Å²) in [7, 11) is 1.85. The second-order valence-electron chi connectivity index (χ2n) is 5.19. The number of hydrogen-bond donors (Lipinski definition) is 1. The van der Waals surface area contributed by atoms with Crippen molar-refractivity contribution in [1.82, 2.24) is 15.1 Å². The molecule has 1 aromatic carbocycles. The van der Waals surface area contributed by atoms with Crippen LogP contribution in [0.2, 0.25) is 0 Å². The fourth-order valence-corrected chi connectivity index (χ4v) is 3.26. The standard InChI is InChI=1S/C16H16BrN3O/c1-20-10-11(9-18-20)5-8-16(21)19-15-7-6-12-13(15)3-2-4-14(12)17/h2-5,8-10,15H,6-7H2,1H3,(H,19,21)/b8-5+. The quantitative estimate of drug-likeness (QED) is 0.869. The molecule has 21 heavy (non-hydrogen) atoms. The molecule has 4 nitrogen and oxygen atoms in total. The Morgan fingerprint density at radius 2 is 2.38 bits per heavy atom. The first-order chi connectivity index (χ1) is 10.1. The molecule has 0 aliphatic heterocycles. The highest BCUT2D eigenvalue weighted by molar-refractivity contribution is 9.10. The van der Waals surface area contributed by atoms with Crippen LogP contribution in [-0.2, 0) is 18.3 Å². The van der Waals surface area contributed by atoms with Crippen LogP contribution in [0.1, 0.15) is 29.2 Å². The van der Waals surface area contributed by atoms with Crippen LogP contribution in [0.3, 0.4) is 0 Å². The van der Waals surface area contributed by atoms with Crippen LogP contribution < -0.4 is 5.32 Å². The molecule has 0 bridgehead atoms. The van der Waals surface area contributed by atoms with Crippen molar-refractivity contribution in [3.63, 3.8) is 0 Å². The SMILES string of the molecule is Cn1cc(/C=C/C(=O)NC2CCc3c(Br)cccc32)cn1. The molecule has 1 unspecified atom stereocenters. The minimum absolute atomic E-state index is 0.0725. The van der Waals surface area contributed by atoms with Crippen LogP contribution in [0.4, 0.5) is 0 Å². The van der Waals surface area contributed by atoms with Gasteiger partial charge in [0.1, 0.15) is 0 Å². The Hall–Kier alpha value is -1.88. The second-order valence-corrected chi connectivity index (χ2v) is 6.04. The van der Waals surface area contributed by atoms with Gasteiger partial charge in [-0.1, -0.05) is 28.1 Å². The Morgan fingerprint density at radius 3 is 3.14 bits per heavy atom. The molecular formula is C16H16BrN3O. The number of nitrogens with one attached hydrogen (secondary N) is 1. The highest BCUT2D eigenvalue weighted by atomic mass is 79.9. The van der Waals surface area contributed by atoms with E-state index in [9.17, 15) is 4.79 Å². The number of fused-ring (bicyclic) bond motifs is 1. The molecule has 1 N–H and O–H groups in total. The second kappa shape index (κ2) is 5.85. The summed E-state index contributed by atoms with van der Waals surface area (Å²) in [4.78, 5) is 12.0. The first-order valence-electron chi connectivity index (χ1n) is 6.88. The number of rotatable bonds is 3. The van der Waals surface area contributed by atoms with Crippen molar-refractivity contribution >= 4 is 27.9 Å². The Balaban J connectivity index is 1.67. The van der Waals surface area contributed by atoms with Crippen LogP contribution >= 0.6 is 15.9 Å². The number of carbonyl (C=O) groups excluding carboxylic acids is 1. The third-order valence-electron chi connectivity index (χ3n) is 3.68. The molecule has 5 heteroatoms. The number of aromatic nitrogens is 2. The highest BCUT2D eigenvalue weighted by Gasteiger charge is 2.24. The van der Waals surface area contributed by atoms with Crippen molar-refractivity contribution in [1.29, 1.82) is 0 Å². The first kappa shape index (κ1) is 14.1. The zero-order chi connectivity index (χ0) is 14.8. The van der Waals surface area contributed by atoms with Gasteiger partial charge >= 0.3 is 0 Å². The number of hydrogen-bond acceptors (Lipinski definition) is 2. The summed E-state index contributed by atoms with van der Waals surface area (Å²) in [5.41, 5.74) is 3.44. The largest absolute Gasteiger partial charge is 0.346 e.